The zero-order chi connectivity index (χ0) is 21.8. The second-order valence-electron chi connectivity index (χ2n) is 7.15. The molecule has 3 rings (SSSR count). The molecule has 29 heavy (non-hydrogen) atoms. The largest absolute Gasteiger partial charge is 0.368 e. The number of primary amides is 1. The molecule has 7 heteroatoms. The third kappa shape index (κ3) is 7.49. The molecule has 2 unspecified atom stereocenters. The Morgan fingerprint density at radius 1 is 1.07 bits per heavy atom. The van der Waals surface area contributed by atoms with Gasteiger partial charge in [-0.2, -0.15) is 0 Å². The molecule has 0 aromatic rings. The zero-order valence-electron chi connectivity index (χ0n) is 17.8. The van der Waals surface area contributed by atoms with E-state index < -0.39 is 24.0 Å². The first-order valence-corrected chi connectivity index (χ1v) is 10.6. The quantitative estimate of drug-likeness (QED) is 0.666. The van der Waals surface area contributed by atoms with Crippen LogP contribution in [-0.4, -0.2) is 46.8 Å². The van der Waals surface area contributed by atoms with Gasteiger partial charge in [0.1, 0.15) is 12.1 Å². The van der Waals surface area contributed by atoms with Crippen LogP contribution in [0.2, 0.25) is 0 Å². The third-order valence-corrected chi connectivity index (χ3v) is 5.02. The van der Waals surface area contributed by atoms with Gasteiger partial charge in [0.05, 0.1) is 6.04 Å². The van der Waals surface area contributed by atoms with Crippen LogP contribution in [0.1, 0.15) is 59.3 Å². The van der Waals surface area contributed by atoms with Crippen molar-refractivity contribution in [3.05, 3.63) is 36.5 Å². The predicted octanol–water partition coefficient (Wildman–Crippen LogP) is 1.93. The first-order valence-electron chi connectivity index (χ1n) is 10.6. The van der Waals surface area contributed by atoms with Gasteiger partial charge in [0.2, 0.25) is 17.7 Å². The van der Waals surface area contributed by atoms with Gasteiger partial charge in [0.25, 0.3) is 0 Å². The van der Waals surface area contributed by atoms with Gasteiger partial charge in [0.15, 0.2) is 0 Å². The molecule has 7 nitrogen and oxygen atoms in total. The van der Waals surface area contributed by atoms with Gasteiger partial charge in [-0.1, -0.05) is 50.3 Å². The summed E-state index contributed by atoms with van der Waals surface area (Å²) in [6.07, 6.45) is 17.2. The van der Waals surface area contributed by atoms with Crippen LogP contribution < -0.4 is 16.8 Å². The third-order valence-electron chi connectivity index (χ3n) is 5.02. The number of amides is 3. The van der Waals surface area contributed by atoms with Crippen LogP contribution >= 0.6 is 0 Å². The number of carbonyl (C=O) groups is 3. The maximum Gasteiger partial charge on any atom is 0.246 e. The summed E-state index contributed by atoms with van der Waals surface area (Å²) < 4.78 is 0. The van der Waals surface area contributed by atoms with Crippen molar-refractivity contribution >= 4 is 17.7 Å². The number of allylic oxidation sites excluding steroid dienone is 6. The monoisotopic (exact) mass is 404 g/mol. The zero-order valence-corrected chi connectivity index (χ0v) is 17.8. The standard InChI is InChI=1S/C13H22N4O3.C7H8.C2H6/c1-7(14)12(19)16-9-4-2-3-8-5-6-10(11(15)18)17(8)13(9)20;1-2-4-6-7-5-3-1;1-2/h7-10H,2-6,14H2,1H3,(H2,15,18)(H,16,19);1-6H,7H2;1-2H3/t7?,8-,9-,10?;;/m0../s1. The van der Waals surface area contributed by atoms with Crippen LogP contribution in [0.15, 0.2) is 36.5 Å². The molecular formula is C22H36N4O3. The Morgan fingerprint density at radius 2 is 1.69 bits per heavy atom. The fraction of sp³-hybridized carbons (Fsp3) is 0.591. The molecule has 1 aliphatic carbocycles. The highest BCUT2D eigenvalue weighted by atomic mass is 16.2. The number of fused-ring (bicyclic) bond motifs is 1. The molecule has 4 atom stereocenters. The number of rotatable bonds is 3. The molecule has 0 radical (unpaired) electrons. The van der Waals surface area contributed by atoms with E-state index in [9.17, 15) is 14.4 Å². The second kappa shape index (κ2) is 12.9. The lowest BCUT2D eigenvalue weighted by atomic mass is 10.1. The van der Waals surface area contributed by atoms with Gasteiger partial charge in [-0.15, -0.1) is 0 Å². The topological polar surface area (TPSA) is 119 Å². The number of carbonyl (C=O) groups excluding carboxylic acids is 3. The summed E-state index contributed by atoms with van der Waals surface area (Å²) in [6, 6.07) is -1.73. The summed E-state index contributed by atoms with van der Waals surface area (Å²) in [6.45, 7) is 5.57. The summed E-state index contributed by atoms with van der Waals surface area (Å²) in [4.78, 5) is 37.3. The van der Waals surface area contributed by atoms with E-state index in [-0.39, 0.29) is 17.9 Å². The Hall–Kier alpha value is -2.41. The van der Waals surface area contributed by atoms with E-state index in [1.165, 1.54) is 0 Å². The molecule has 0 aromatic carbocycles. The summed E-state index contributed by atoms with van der Waals surface area (Å²) in [5.74, 6) is -1.03. The molecule has 2 saturated heterocycles. The first kappa shape index (κ1) is 24.6. The number of hydrogen-bond donors (Lipinski definition) is 3. The number of nitrogens with one attached hydrogen (secondary N) is 1. The number of nitrogens with two attached hydrogens (primary N) is 2. The Labute approximate surface area is 174 Å². The van der Waals surface area contributed by atoms with E-state index in [0.29, 0.717) is 12.8 Å². The fourth-order valence-corrected chi connectivity index (χ4v) is 3.60. The Bertz CT molecular complexity index is 626. The van der Waals surface area contributed by atoms with Crippen molar-refractivity contribution in [2.24, 2.45) is 11.5 Å². The lowest BCUT2D eigenvalue weighted by molar-refractivity contribution is -0.142. The molecule has 162 valence electrons. The van der Waals surface area contributed by atoms with E-state index in [2.05, 4.69) is 29.6 Å². The van der Waals surface area contributed by atoms with Crippen molar-refractivity contribution in [1.29, 1.82) is 0 Å². The van der Waals surface area contributed by atoms with Gasteiger partial charge in [-0.05, 0) is 45.4 Å². The Morgan fingerprint density at radius 3 is 2.24 bits per heavy atom. The van der Waals surface area contributed by atoms with Crippen LogP contribution in [0.4, 0.5) is 0 Å². The van der Waals surface area contributed by atoms with Gasteiger partial charge in [0, 0.05) is 6.04 Å². The normalized spacial score (nSPS) is 26.0. The first-order chi connectivity index (χ1) is 13.9. The highest BCUT2D eigenvalue weighted by Gasteiger charge is 2.43. The van der Waals surface area contributed by atoms with Crippen LogP contribution in [-0.2, 0) is 14.4 Å². The molecule has 0 aromatic heterocycles. The molecule has 2 heterocycles. The highest BCUT2D eigenvalue weighted by molar-refractivity contribution is 5.93. The van der Waals surface area contributed by atoms with E-state index in [0.717, 1.165) is 25.7 Å². The lowest BCUT2D eigenvalue weighted by Crippen LogP contribution is -2.55. The van der Waals surface area contributed by atoms with E-state index >= 15 is 0 Å². The summed E-state index contributed by atoms with van der Waals surface area (Å²) in [7, 11) is 0. The van der Waals surface area contributed by atoms with Crippen molar-refractivity contribution < 1.29 is 14.4 Å². The van der Waals surface area contributed by atoms with Crippen LogP contribution in [0.3, 0.4) is 0 Å². The van der Waals surface area contributed by atoms with Crippen molar-refractivity contribution in [1.82, 2.24) is 10.2 Å². The van der Waals surface area contributed by atoms with Crippen LogP contribution in [0, 0.1) is 0 Å². The minimum Gasteiger partial charge on any atom is -0.368 e. The second-order valence-corrected chi connectivity index (χ2v) is 7.15. The molecule has 0 saturated carbocycles. The van der Waals surface area contributed by atoms with E-state index in [1.54, 1.807) is 11.8 Å². The highest BCUT2D eigenvalue weighted by Crippen LogP contribution is 2.31. The summed E-state index contributed by atoms with van der Waals surface area (Å²) in [5, 5.41) is 2.67. The van der Waals surface area contributed by atoms with Crippen molar-refractivity contribution in [2.75, 3.05) is 0 Å². The van der Waals surface area contributed by atoms with Crippen LogP contribution in [0.25, 0.3) is 0 Å². The number of nitrogens with zero attached hydrogens (tertiary/aromatic N) is 1. The molecular weight excluding hydrogens is 368 g/mol. The fourth-order valence-electron chi connectivity index (χ4n) is 3.60. The molecule has 3 amide bonds. The van der Waals surface area contributed by atoms with Gasteiger partial charge in [-0.25, -0.2) is 0 Å². The maximum absolute atomic E-state index is 12.6. The summed E-state index contributed by atoms with van der Waals surface area (Å²) >= 11 is 0. The Balaban J connectivity index is 0.000000390. The molecule has 2 fully saturated rings. The number of hydrogen-bond acceptors (Lipinski definition) is 4. The average Bonchev–Trinajstić information content (AvgIpc) is 2.86. The molecule has 2 aliphatic heterocycles. The van der Waals surface area contributed by atoms with Gasteiger partial charge < -0.3 is 21.7 Å². The lowest BCUT2D eigenvalue weighted by Gasteiger charge is -2.29. The molecule has 0 bridgehead atoms. The average molecular weight is 405 g/mol. The van der Waals surface area contributed by atoms with Crippen molar-refractivity contribution in [2.45, 2.75) is 83.5 Å². The maximum atomic E-state index is 12.6. The van der Waals surface area contributed by atoms with Crippen LogP contribution in [0.5, 0.6) is 0 Å². The van der Waals surface area contributed by atoms with Crippen molar-refractivity contribution in [3.8, 4) is 0 Å². The van der Waals surface area contributed by atoms with E-state index in [4.69, 9.17) is 11.5 Å². The minimum absolute atomic E-state index is 0.0669. The van der Waals surface area contributed by atoms with Gasteiger partial charge in [-0.3, -0.25) is 14.4 Å². The molecule has 0 spiro atoms. The predicted molar refractivity (Wildman–Crippen MR) is 116 cm³/mol. The Kier molecular flexibility index (Phi) is 11.0. The van der Waals surface area contributed by atoms with E-state index in [1.807, 2.05) is 26.0 Å². The van der Waals surface area contributed by atoms with Crippen molar-refractivity contribution in [3.63, 3.8) is 0 Å². The molecule has 3 aliphatic rings. The molecule has 5 N–H and O–H groups in total. The smallest absolute Gasteiger partial charge is 0.246 e. The van der Waals surface area contributed by atoms with Gasteiger partial charge >= 0.3 is 0 Å². The minimum atomic E-state index is -0.660. The summed E-state index contributed by atoms with van der Waals surface area (Å²) in [5.41, 5.74) is 10.9. The SMILES string of the molecule is C1=CC=CCC=C1.CC.CC(N)C(=O)N[C@H]1CCC[C@H]2CCC(C(N)=O)N2C1=O.